The Bertz CT molecular complexity index is 1770. The molecule has 13 nitrogen and oxygen atoms in total. The number of methoxy groups -OCH3 is 1. The van der Waals surface area contributed by atoms with E-state index in [-0.39, 0.29) is 68.5 Å². The molecule has 2 aromatic rings. The van der Waals surface area contributed by atoms with Crippen molar-refractivity contribution in [3.63, 3.8) is 0 Å². The molecule has 2 aromatic carbocycles. The molecule has 9 atom stereocenters. The standard InChI is InChI=1S/C37H47NO12.Na/c1-16-11-10-12-17(2)36(46)38-23-15-24(40)26-27(32(23)44)31(43)21(6)34-28(26)35(45)37(8,50-34)48-14-13-25(47-9)18(3)33(49-22(7)39)20(5)30(42)19(4)29(16)41;/h10-16,18-20,25,29-30,33,40-44H,1-9H3,(H,38,46);/b11-10-,14-13-,17-12-;. The van der Waals surface area contributed by atoms with Gasteiger partial charge in [0.2, 0.25) is 0 Å². The average Bonchev–Trinajstić information content (AvgIpc) is 3.33. The summed E-state index contributed by atoms with van der Waals surface area (Å²) in [5.41, 5.74) is -0.0929. The number of ether oxygens (including phenoxy) is 4. The molecule has 3 heterocycles. The molecule has 3 aliphatic heterocycles. The molecule has 0 aliphatic carbocycles. The van der Waals surface area contributed by atoms with Gasteiger partial charge in [-0.15, -0.1) is 0 Å². The number of esters is 1. The van der Waals surface area contributed by atoms with Crippen LogP contribution in [0.1, 0.15) is 64.4 Å². The molecule has 0 aromatic heterocycles. The number of amides is 1. The number of allylic oxidation sites excluding steroid dienone is 2. The van der Waals surface area contributed by atoms with Crippen molar-refractivity contribution in [2.24, 2.45) is 23.7 Å². The van der Waals surface area contributed by atoms with E-state index in [0.717, 1.165) is 6.07 Å². The molecular formula is C37H47NNaO12. The third-order valence-electron chi connectivity index (χ3n) is 9.84. The quantitative estimate of drug-likeness (QED) is 0.111. The summed E-state index contributed by atoms with van der Waals surface area (Å²) in [6, 6.07) is 1.06. The molecular weight excluding hydrogens is 673 g/mol. The van der Waals surface area contributed by atoms with E-state index in [1.807, 2.05) is 0 Å². The van der Waals surface area contributed by atoms with E-state index in [2.05, 4.69) is 5.32 Å². The smallest absolute Gasteiger partial charge is 0.312 e. The molecule has 1 radical (unpaired) electrons. The number of rotatable bonds is 2. The van der Waals surface area contributed by atoms with Gasteiger partial charge < -0.3 is 49.8 Å². The van der Waals surface area contributed by atoms with Crippen molar-refractivity contribution in [3.8, 4) is 23.0 Å². The number of carbonyl (C=O) groups excluding carboxylic acids is 3. The van der Waals surface area contributed by atoms with Crippen LogP contribution in [-0.4, -0.2) is 110 Å². The van der Waals surface area contributed by atoms with E-state index in [4.69, 9.17) is 18.9 Å². The van der Waals surface area contributed by atoms with E-state index in [0.29, 0.717) is 0 Å². The number of fused-ring (bicyclic) bond motifs is 14. The Hall–Kier alpha value is -3.59. The van der Waals surface area contributed by atoms with Crippen molar-refractivity contribution >= 4 is 63.7 Å². The monoisotopic (exact) mass is 720 g/mol. The fraction of sp³-hybridized carbons (Fsp3) is 0.486. The van der Waals surface area contributed by atoms with Crippen molar-refractivity contribution in [1.29, 1.82) is 0 Å². The molecule has 1 amide bonds. The van der Waals surface area contributed by atoms with Gasteiger partial charge in [-0.2, -0.15) is 0 Å². The predicted molar refractivity (Wildman–Crippen MR) is 190 cm³/mol. The summed E-state index contributed by atoms with van der Waals surface area (Å²) < 4.78 is 23.2. The van der Waals surface area contributed by atoms with Crippen molar-refractivity contribution in [2.45, 2.75) is 85.6 Å². The number of nitrogens with one attached hydrogen (secondary N) is 1. The van der Waals surface area contributed by atoms with Crippen LogP contribution in [0.5, 0.6) is 23.0 Å². The van der Waals surface area contributed by atoms with Crippen LogP contribution in [0.25, 0.3) is 10.8 Å². The summed E-state index contributed by atoms with van der Waals surface area (Å²) in [4.78, 5) is 39.2. The number of benzene rings is 2. The summed E-state index contributed by atoms with van der Waals surface area (Å²) in [5.74, 6) is -7.99. The van der Waals surface area contributed by atoms with Crippen LogP contribution in [0, 0.1) is 30.6 Å². The molecule has 3 aliphatic rings. The number of Topliss-reactive ketones (excluding diaryl/α,β-unsaturated/α-hetero) is 1. The van der Waals surface area contributed by atoms with Crippen molar-refractivity contribution in [2.75, 3.05) is 12.4 Å². The Balaban J connectivity index is 0.00000702. The minimum absolute atomic E-state index is 0. The Morgan fingerprint density at radius 3 is 2.20 bits per heavy atom. The number of phenolic OH excluding ortho intramolecular Hbond substituents is 3. The maximum absolute atomic E-state index is 13.9. The normalized spacial score (nSPS) is 32.6. The van der Waals surface area contributed by atoms with E-state index < -0.39 is 88.8 Å². The van der Waals surface area contributed by atoms with Crippen molar-refractivity contribution < 1.29 is 58.9 Å². The molecule has 0 fully saturated rings. The second kappa shape index (κ2) is 16.4. The number of phenols is 3. The first-order chi connectivity index (χ1) is 23.4. The van der Waals surface area contributed by atoms with E-state index >= 15 is 0 Å². The molecule has 9 unspecified atom stereocenters. The number of anilines is 1. The molecule has 51 heavy (non-hydrogen) atoms. The van der Waals surface area contributed by atoms with Gasteiger partial charge in [-0.25, -0.2) is 0 Å². The summed E-state index contributed by atoms with van der Waals surface area (Å²) in [6.45, 7) is 12.5. The second-order valence-electron chi connectivity index (χ2n) is 13.4. The maximum Gasteiger partial charge on any atom is 0.312 e. The number of ketones is 1. The largest absolute Gasteiger partial charge is 0.507 e. The molecule has 14 heteroatoms. The minimum atomic E-state index is -1.98. The number of aliphatic hydroxyl groups is 2. The van der Waals surface area contributed by atoms with Gasteiger partial charge in [-0.1, -0.05) is 45.9 Å². The zero-order chi connectivity index (χ0) is 37.4. The van der Waals surface area contributed by atoms with Gasteiger partial charge in [-0.3, -0.25) is 14.4 Å². The van der Waals surface area contributed by atoms with Crippen LogP contribution < -0.4 is 10.1 Å². The molecule has 0 spiro atoms. The third-order valence-corrected chi connectivity index (χ3v) is 9.84. The maximum atomic E-state index is 13.9. The van der Waals surface area contributed by atoms with Crippen molar-refractivity contribution in [1.82, 2.24) is 0 Å². The van der Waals surface area contributed by atoms with Gasteiger partial charge in [0.15, 0.2) is 5.75 Å². The molecule has 0 saturated carbocycles. The molecule has 0 saturated heterocycles. The number of aliphatic hydroxyl groups excluding tert-OH is 2. The predicted octanol–water partition coefficient (Wildman–Crippen LogP) is 4.37. The summed E-state index contributed by atoms with van der Waals surface area (Å²) in [5, 5.41) is 58.2. The van der Waals surface area contributed by atoms with Crippen LogP contribution in [0.3, 0.4) is 0 Å². The molecule has 273 valence electrons. The Morgan fingerprint density at radius 2 is 1.59 bits per heavy atom. The molecule has 6 N–H and O–H groups in total. The van der Waals surface area contributed by atoms with E-state index in [1.165, 1.54) is 53.2 Å². The zero-order valence-electron chi connectivity index (χ0n) is 30.7. The Kier molecular flexibility index (Phi) is 13.4. The van der Waals surface area contributed by atoms with Gasteiger partial charge in [0.25, 0.3) is 11.7 Å². The molecule has 5 bridgehead atoms. The first kappa shape index (κ1) is 41.8. The van der Waals surface area contributed by atoms with Crippen LogP contribution >= 0.6 is 0 Å². The summed E-state index contributed by atoms with van der Waals surface area (Å²) in [6.07, 6.45) is 3.62. The van der Waals surface area contributed by atoms with Crippen molar-refractivity contribution in [3.05, 3.63) is 53.3 Å². The van der Waals surface area contributed by atoms with Crippen LogP contribution in [0.2, 0.25) is 0 Å². The average molecular weight is 721 g/mol. The number of hydrogen-bond acceptors (Lipinski definition) is 12. The molecule has 5 rings (SSSR count). The van der Waals surface area contributed by atoms with E-state index in [1.54, 1.807) is 39.8 Å². The van der Waals surface area contributed by atoms with Gasteiger partial charge in [-0.05, 0) is 19.9 Å². The Morgan fingerprint density at radius 1 is 0.941 bits per heavy atom. The van der Waals surface area contributed by atoms with E-state index in [9.17, 15) is 39.9 Å². The number of aromatic hydroxyl groups is 3. The number of hydrogen-bond donors (Lipinski definition) is 6. The van der Waals surface area contributed by atoms with Crippen LogP contribution in [0.4, 0.5) is 5.69 Å². The van der Waals surface area contributed by atoms with Crippen LogP contribution in [-0.2, 0) is 23.8 Å². The van der Waals surface area contributed by atoms with Gasteiger partial charge in [0.05, 0.1) is 41.2 Å². The fourth-order valence-corrected chi connectivity index (χ4v) is 6.65. The minimum Gasteiger partial charge on any atom is -0.507 e. The summed E-state index contributed by atoms with van der Waals surface area (Å²) >= 11 is 0. The second-order valence-corrected chi connectivity index (χ2v) is 13.4. The third kappa shape index (κ3) is 8.08. The first-order valence-corrected chi connectivity index (χ1v) is 16.4. The SMILES string of the molecule is COC1/C=C\OC2(C)Oc3c(C)c(O)c4c(O)c(cc(O)c4c3C2=O)NC(=O)/C(C)=C\C=C/C(C)C(O)C(C)C(O)C(C)C(OC(C)=O)C1C.[Na]. The zero-order valence-corrected chi connectivity index (χ0v) is 32.7. The first-order valence-electron chi connectivity index (χ1n) is 16.4. The van der Waals surface area contributed by atoms with Crippen LogP contribution in [0.15, 0.2) is 42.2 Å². The van der Waals surface area contributed by atoms with Gasteiger partial charge in [0.1, 0.15) is 23.4 Å². The van der Waals surface area contributed by atoms with Gasteiger partial charge >= 0.3 is 11.8 Å². The fourth-order valence-electron chi connectivity index (χ4n) is 6.65. The van der Waals surface area contributed by atoms with Gasteiger partial charge in [0, 0.05) is 96.8 Å². The topological polar surface area (TPSA) is 201 Å². The number of carbonyl (C=O) groups is 3. The summed E-state index contributed by atoms with van der Waals surface area (Å²) in [7, 11) is 1.43. The Labute approximate surface area is 319 Å².